The van der Waals surface area contributed by atoms with Gasteiger partial charge in [0.25, 0.3) is 0 Å². The van der Waals surface area contributed by atoms with Crippen LogP contribution in [0.25, 0.3) is 0 Å². The lowest BCUT2D eigenvalue weighted by Gasteiger charge is -1.93. The number of aromatic nitrogens is 1. The fourth-order valence-corrected chi connectivity index (χ4v) is 1.21. The molecule has 0 saturated carbocycles. The molecule has 0 spiro atoms. The number of hydrogen-bond donors (Lipinski definition) is 0. The molecule has 1 aromatic rings. The van der Waals surface area contributed by atoms with Crippen LogP contribution in [0.2, 0.25) is 0 Å². The lowest BCUT2D eigenvalue weighted by atomic mass is 10.2. The number of nitrogens with zero attached hydrogens (tertiary/aromatic N) is 1. The summed E-state index contributed by atoms with van der Waals surface area (Å²) in [5, 5.41) is 0.0993. The number of carbonyl (C=O) groups is 1. The molecule has 1 heterocycles. The first-order chi connectivity index (χ1) is 6.70. The number of rotatable bonds is 1. The van der Waals surface area contributed by atoms with Gasteiger partial charge in [-0.1, -0.05) is 23.6 Å². The van der Waals surface area contributed by atoms with Crippen molar-refractivity contribution in [1.82, 2.24) is 4.98 Å². The van der Waals surface area contributed by atoms with Gasteiger partial charge in [-0.3, -0.25) is 9.78 Å². The fraction of sp³-hybridized carbons (Fsp3) is 0.273. The molecule has 72 valence electrons. The zero-order valence-corrected chi connectivity index (χ0v) is 9.02. The van der Waals surface area contributed by atoms with Crippen molar-refractivity contribution < 1.29 is 4.79 Å². The Hall–Kier alpha value is -1.27. The van der Waals surface area contributed by atoms with Crippen molar-refractivity contribution in [2.45, 2.75) is 13.8 Å². The molecule has 3 heteroatoms. The second kappa shape index (κ2) is 5.46. The Bertz CT molecular complexity index is 390. The Balaban J connectivity index is 2.59. The fourth-order valence-electron chi connectivity index (χ4n) is 0.864. The molecule has 0 saturated heterocycles. The average Bonchev–Trinajstić information content (AvgIpc) is 2.15. The third kappa shape index (κ3) is 3.63. The SMILES string of the molecule is CC(=O)SCC#Cc1cnccc1C. The number of carbonyl (C=O) groups excluding carboxylic acids is 1. The topological polar surface area (TPSA) is 30.0 Å². The summed E-state index contributed by atoms with van der Waals surface area (Å²) < 4.78 is 0. The first-order valence-electron chi connectivity index (χ1n) is 4.23. The van der Waals surface area contributed by atoms with Crippen LogP contribution in [0.4, 0.5) is 0 Å². The molecule has 0 aliphatic heterocycles. The smallest absolute Gasteiger partial charge is 0.186 e. The average molecular weight is 205 g/mol. The Morgan fingerprint density at radius 2 is 2.43 bits per heavy atom. The van der Waals surface area contributed by atoms with E-state index in [1.807, 2.05) is 13.0 Å². The molecule has 0 N–H and O–H groups in total. The van der Waals surface area contributed by atoms with Gasteiger partial charge in [0.05, 0.1) is 5.75 Å². The summed E-state index contributed by atoms with van der Waals surface area (Å²) in [6.07, 6.45) is 3.48. The normalized spacial score (nSPS) is 9.00. The molecule has 0 unspecified atom stereocenters. The van der Waals surface area contributed by atoms with Crippen LogP contribution in [-0.4, -0.2) is 15.9 Å². The quantitative estimate of drug-likeness (QED) is 0.657. The Labute approximate surface area is 88.1 Å². The highest BCUT2D eigenvalue weighted by molar-refractivity contribution is 8.13. The van der Waals surface area contributed by atoms with Crippen LogP contribution >= 0.6 is 11.8 Å². The van der Waals surface area contributed by atoms with E-state index < -0.39 is 0 Å². The van der Waals surface area contributed by atoms with E-state index in [9.17, 15) is 4.79 Å². The van der Waals surface area contributed by atoms with Gasteiger partial charge in [0.2, 0.25) is 0 Å². The first-order valence-corrected chi connectivity index (χ1v) is 5.21. The van der Waals surface area contributed by atoms with Crippen molar-refractivity contribution in [3.8, 4) is 11.8 Å². The molecule has 1 aromatic heterocycles. The minimum Gasteiger partial charge on any atom is -0.288 e. The van der Waals surface area contributed by atoms with E-state index in [0.29, 0.717) is 5.75 Å². The van der Waals surface area contributed by atoms with Gasteiger partial charge in [0.15, 0.2) is 5.12 Å². The van der Waals surface area contributed by atoms with Crippen LogP contribution in [0.3, 0.4) is 0 Å². The van der Waals surface area contributed by atoms with Crippen LogP contribution < -0.4 is 0 Å². The monoisotopic (exact) mass is 205 g/mol. The molecular formula is C11H11NOS. The summed E-state index contributed by atoms with van der Waals surface area (Å²) in [5.41, 5.74) is 2.04. The molecule has 0 radical (unpaired) electrons. The lowest BCUT2D eigenvalue weighted by Crippen LogP contribution is -1.85. The van der Waals surface area contributed by atoms with Gasteiger partial charge in [-0.05, 0) is 18.6 Å². The number of aryl methyl sites for hydroxylation is 1. The number of pyridine rings is 1. The summed E-state index contributed by atoms with van der Waals surface area (Å²) in [4.78, 5) is 14.6. The van der Waals surface area contributed by atoms with Gasteiger partial charge in [0, 0.05) is 24.9 Å². The van der Waals surface area contributed by atoms with Gasteiger partial charge < -0.3 is 0 Å². The number of hydrogen-bond acceptors (Lipinski definition) is 3. The maximum Gasteiger partial charge on any atom is 0.186 e. The van der Waals surface area contributed by atoms with E-state index in [0.717, 1.165) is 11.1 Å². The van der Waals surface area contributed by atoms with Crippen molar-refractivity contribution in [2.24, 2.45) is 0 Å². The lowest BCUT2D eigenvalue weighted by molar-refractivity contribution is -0.109. The highest BCUT2D eigenvalue weighted by Gasteiger charge is 1.92. The van der Waals surface area contributed by atoms with Gasteiger partial charge in [-0.2, -0.15) is 0 Å². The summed E-state index contributed by atoms with van der Waals surface area (Å²) in [5.74, 6) is 6.45. The van der Waals surface area contributed by atoms with Crippen LogP contribution in [0.5, 0.6) is 0 Å². The molecule has 14 heavy (non-hydrogen) atoms. The van der Waals surface area contributed by atoms with Gasteiger partial charge in [-0.15, -0.1) is 0 Å². The maximum absolute atomic E-state index is 10.6. The first kappa shape index (κ1) is 10.8. The molecule has 0 amide bonds. The third-order valence-corrected chi connectivity index (χ3v) is 2.30. The minimum atomic E-state index is 0.0993. The molecule has 0 fully saturated rings. The molecular weight excluding hydrogens is 194 g/mol. The zero-order chi connectivity index (χ0) is 10.4. The van der Waals surface area contributed by atoms with E-state index in [1.54, 1.807) is 19.3 Å². The zero-order valence-electron chi connectivity index (χ0n) is 8.20. The summed E-state index contributed by atoms with van der Waals surface area (Å²) >= 11 is 1.22. The standard InChI is InChI=1S/C11H11NOS/c1-9-5-6-12-8-11(9)4-3-7-14-10(2)13/h5-6,8H,7H2,1-2H3. The molecule has 0 aliphatic rings. The predicted octanol–water partition coefficient (Wildman–Crippen LogP) is 2.02. The van der Waals surface area contributed by atoms with Gasteiger partial charge >= 0.3 is 0 Å². The largest absolute Gasteiger partial charge is 0.288 e. The predicted molar refractivity (Wildman–Crippen MR) is 59.0 cm³/mol. The Kier molecular flexibility index (Phi) is 4.21. The van der Waals surface area contributed by atoms with Crippen LogP contribution in [0.15, 0.2) is 18.5 Å². The summed E-state index contributed by atoms with van der Waals surface area (Å²) in [6, 6.07) is 1.92. The van der Waals surface area contributed by atoms with E-state index in [1.165, 1.54) is 11.8 Å². The number of thioether (sulfide) groups is 1. The van der Waals surface area contributed by atoms with E-state index in [-0.39, 0.29) is 5.12 Å². The van der Waals surface area contributed by atoms with Crippen LogP contribution in [-0.2, 0) is 4.79 Å². The van der Waals surface area contributed by atoms with Crippen LogP contribution in [0, 0.1) is 18.8 Å². The molecule has 0 aliphatic carbocycles. The van der Waals surface area contributed by atoms with E-state index >= 15 is 0 Å². The molecule has 0 bridgehead atoms. The molecule has 0 aromatic carbocycles. The molecule has 0 atom stereocenters. The van der Waals surface area contributed by atoms with Gasteiger partial charge in [-0.25, -0.2) is 0 Å². The highest BCUT2D eigenvalue weighted by atomic mass is 32.2. The van der Waals surface area contributed by atoms with Crippen molar-refractivity contribution >= 4 is 16.9 Å². The molecule has 2 nitrogen and oxygen atoms in total. The minimum absolute atomic E-state index is 0.0993. The van der Waals surface area contributed by atoms with Crippen LogP contribution in [0.1, 0.15) is 18.1 Å². The van der Waals surface area contributed by atoms with Crippen molar-refractivity contribution in [1.29, 1.82) is 0 Å². The van der Waals surface area contributed by atoms with Crippen molar-refractivity contribution in [2.75, 3.05) is 5.75 Å². The second-order valence-electron chi connectivity index (χ2n) is 2.77. The molecule has 1 rings (SSSR count). The van der Waals surface area contributed by atoms with E-state index in [2.05, 4.69) is 16.8 Å². The Morgan fingerprint density at radius 1 is 1.64 bits per heavy atom. The van der Waals surface area contributed by atoms with Gasteiger partial charge in [0.1, 0.15) is 0 Å². The highest BCUT2D eigenvalue weighted by Crippen LogP contribution is 2.03. The summed E-state index contributed by atoms with van der Waals surface area (Å²) in [7, 11) is 0. The summed E-state index contributed by atoms with van der Waals surface area (Å²) in [6.45, 7) is 3.53. The third-order valence-electron chi connectivity index (χ3n) is 1.61. The van der Waals surface area contributed by atoms with Crippen molar-refractivity contribution in [3.05, 3.63) is 29.6 Å². The van der Waals surface area contributed by atoms with E-state index in [4.69, 9.17) is 0 Å². The second-order valence-corrected chi connectivity index (χ2v) is 3.92. The maximum atomic E-state index is 10.6. The van der Waals surface area contributed by atoms with Crippen molar-refractivity contribution in [3.63, 3.8) is 0 Å². The Morgan fingerprint density at radius 3 is 3.07 bits per heavy atom.